The molecule has 1 aromatic carbocycles. The summed E-state index contributed by atoms with van der Waals surface area (Å²) < 4.78 is 0. The van der Waals surface area contributed by atoms with E-state index in [9.17, 15) is 14.7 Å². The number of anilines is 2. The first kappa shape index (κ1) is 19.7. The molecule has 3 amide bonds. The molecule has 0 radical (unpaired) electrons. The van der Waals surface area contributed by atoms with Gasteiger partial charge in [0.1, 0.15) is 0 Å². The number of aliphatic hydroxyl groups is 1. The topological polar surface area (TPSA) is 76.1 Å². The Labute approximate surface area is 178 Å². The van der Waals surface area contributed by atoms with E-state index in [0.29, 0.717) is 19.3 Å². The van der Waals surface area contributed by atoms with Crippen LogP contribution in [-0.4, -0.2) is 65.8 Å². The van der Waals surface area contributed by atoms with Gasteiger partial charge in [0.2, 0.25) is 5.91 Å². The Balaban J connectivity index is 1.20. The third-order valence-corrected chi connectivity index (χ3v) is 7.29. The number of carbonyl (C=O) groups is 2. The van der Waals surface area contributed by atoms with E-state index in [-0.39, 0.29) is 36.2 Å². The second-order valence-corrected chi connectivity index (χ2v) is 9.32. The zero-order valence-electron chi connectivity index (χ0n) is 17.5. The van der Waals surface area contributed by atoms with Crippen LogP contribution in [-0.2, 0) is 4.79 Å². The first-order valence-corrected chi connectivity index (χ1v) is 11.5. The monoisotopic (exact) mass is 412 g/mol. The number of fused-ring (bicyclic) bond motifs is 2. The summed E-state index contributed by atoms with van der Waals surface area (Å²) in [7, 11) is 0. The number of hydrogen-bond donors (Lipinski definition) is 2. The van der Waals surface area contributed by atoms with Gasteiger partial charge in [0.05, 0.1) is 6.10 Å². The molecule has 0 aliphatic carbocycles. The number of aliphatic hydroxyl groups excluding tert-OH is 1. The first-order chi connectivity index (χ1) is 14.6. The zero-order valence-corrected chi connectivity index (χ0v) is 17.5. The number of carbonyl (C=O) groups excluding carboxylic acids is 2. The summed E-state index contributed by atoms with van der Waals surface area (Å²) in [4.78, 5) is 31.1. The largest absolute Gasteiger partial charge is 0.393 e. The van der Waals surface area contributed by atoms with Gasteiger partial charge in [-0.05, 0) is 69.2 Å². The summed E-state index contributed by atoms with van der Waals surface area (Å²) in [6.07, 6.45) is 6.82. The lowest BCUT2D eigenvalue weighted by Gasteiger charge is -2.40. The van der Waals surface area contributed by atoms with Gasteiger partial charge in [-0.15, -0.1) is 0 Å². The SMILES string of the molecule is O=C1CCCN1c1ccc(N2CCC[C@H](NC(=O)N3[C@@H]4CC[C@H]3CC(O)C4)C2)cc1. The molecule has 4 fully saturated rings. The number of urea groups is 1. The number of nitrogens with zero attached hydrogens (tertiary/aromatic N) is 3. The number of nitrogens with one attached hydrogen (secondary N) is 1. The van der Waals surface area contributed by atoms with E-state index in [1.54, 1.807) is 0 Å². The van der Waals surface area contributed by atoms with Crippen molar-refractivity contribution < 1.29 is 14.7 Å². The van der Waals surface area contributed by atoms with E-state index in [1.807, 2.05) is 21.9 Å². The Morgan fingerprint density at radius 2 is 1.67 bits per heavy atom. The summed E-state index contributed by atoms with van der Waals surface area (Å²) in [5, 5.41) is 13.3. The van der Waals surface area contributed by atoms with Gasteiger partial charge in [0.15, 0.2) is 0 Å². The second kappa shape index (κ2) is 8.10. The highest BCUT2D eigenvalue weighted by atomic mass is 16.3. The van der Waals surface area contributed by atoms with Crippen molar-refractivity contribution in [2.24, 2.45) is 0 Å². The molecule has 162 valence electrons. The fourth-order valence-corrected chi connectivity index (χ4v) is 5.82. The molecule has 5 rings (SSSR count). The molecule has 4 saturated heterocycles. The molecule has 0 aromatic heterocycles. The lowest BCUT2D eigenvalue weighted by molar-refractivity contribution is -0.117. The van der Waals surface area contributed by atoms with Gasteiger partial charge in [-0.25, -0.2) is 4.79 Å². The van der Waals surface area contributed by atoms with E-state index in [4.69, 9.17) is 0 Å². The van der Waals surface area contributed by atoms with Crippen LogP contribution in [0.4, 0.5) is 16.2 Å². The molecule has 2 bridgehead atoms. The Kier molecular flexibility index (Phi) is 5.31. The van der Waals surface area contributed by atoms with E-state index in [1.165, 1.54) is 0 Å². The number of hydrogen-bond acceptors (Lipinski definition) is 4. The summed E-state index contributed by atoms with van der Waals surface area (Å²) in [5.41, 5.74) is 2.12. The van der Waals surface area contributed by atoms with Crippen molar-refractivity contribution in [3.05, 3.63) is 24.3 Å². The average molecular weight is 413 g/mol. The predicted molar refractivity (Wildman–Crippen MR) is 116 cm³/mol. The first-order valence-electron chi connectivity index (χ1n) is 11.5. The van der Waals surface area contributed by atoms with Crippen LogP contribution >= 0.6 is 0 Å². The fraction of sp³-hybridized carbons (Fsp3) is 0.652. The molecule has 0 saturated carbocycles. The third-order valence-electron chi connectivity index (χ3n) is 7.29. The lowest BCUT2D eigenvalue weighted by atomic mass is 10.00. The Morgan fingerprint density at radius 3 is 2.33 bits per heavy atom. The minimum atomic E-state index is -0.254. The zero-order chi connectivity index (χ0) is 20.7. The van der Waals surface area contributed by atoms with Crippen LogP contribution in [0.3, 0.4) is 0 Å². The summed E-state index contributed by atoms with van der Waals surface area (Å²) in [6, 6.07) is 8.84. The molecule has 7 heteroatoms. The lowest BCUT2D eigenvalue weighted by Crippen LogP contribution is -2.56. The van der Waals surface area contributed by atoms with Gasteiger partial charge in [-0.3, -0.25) is 4.79 Å². The fourth-order valence-electron chi connectivity index (χ4n) is 5.82. The van der Waals surface area contributed by atoms with E-state index in [2.05, 4.69) is 22.3 Å². The normalized spacial score (nSPS) is 31.4. The molecule has 1 aromatic rings. The molecular weight excluding hydrogens is 380 g/mol. The van der Waals surface area contributed by atoms with E-state index in [0.717, 1.165) is 63.1 Å². The molecule has 1 unspecified atom stereocenters. The third kappa shape index (κ3) is 3.75. The smallest absolute Gasteiger partial charge is 0.318 e. The molecule has 30 heavy (non-hydrogen) atoms. The maximum absolute atomic E-state index is 13.0. The Hall–Kier alpha value is -2.28. The number of amides is 3. The van der Waals surface area contributed by atoms with Crippen LogP contribution in [0, 0.1) is 0 Å². The van der Waals surface area contributed by atoms with E-state index >= 15 is 0 Å². The van der Waals surface area contributed by atoms with Crippen molar-refractivity contribution in [1.82, 2.24) is 10.2 Å². The summed E-state index contributed by atoms with van der Waals surface area (Å²) in [6.45, 7) is 2.60. The van der Waals surface area contributed by atoms with Gasteiger partial charge in [-0.1, -0.05) is 0 Å². The van der Waals surface area contributed by atoms with Crippen LogP contribution in [0.25, 0.3) is 0 Å². The molecule has 0 spiro atoms. The highest BCUT2D eigenvalue weighted by Crippen LogP contribution is 2.36. The number of rotatable bonds is 3. The van der Waals surface area contributed by atoms with Crippen molar-refractivity contribution in [1.29, 1.82) is 0 Å². The minimum Gasteiger partial charge on any atom is -0.393 e. The minimum absolute atomic E-state index is 0.0455. The molecule has 4 aliphatic rings. The predicted octanol–water partition coefficient (Wildman–Crippen LogP) is 2.48. The Morgan fingerprint density at radius 1 is 0.967 bits per heavy atom. The molecular formula is C23H32N4O3. The van der Waals surface area contributed by atoms with Gasteiger partial charge in [-0.2, -0.15) is 0 Å². The molecule has 2 N–H and O–H groups in total. The summed E-state index contributed by atoms with van der Waals surface area (Å²) >= 11 is 0. The van der Waals surface area contributed by atoms with Gasteiger partial charge in [0, 0.05) is 55.6 Å². The van der Waals surface area contributed by atoms with Gasteiger partial charge < -0.3 is 25.1 Å². The molecule has 4 atom stereocenters. The second-order valence-electron chi connectivity index (χ2n) is 9.32. The molecule has 7 nitrogen and oxygen atoms in total. The van der Waals surface area contributed by atoms with Crippen molar-refractivity contribution in [3.63, 3.8) is 0 Å². The average Bonchev–Trinajstić information content (AvgIpc) is 3.29. The number of benzene rings is 1. The molecule has 4 heterocycles. The van der Waals surface area contributed by atoms with Crippen molar-refractivity contribution >= 4 is 23.3 Å². The van der Waals surface area contributed by atoms with Crippen molar-refractivity contribution in [2.45, 2.75) is 75.6 Å². The van der Waals surface area contributed by atoms with E-state index < -0.39 is 0 Å². The van der Waals surface area contributed by atoms with Crippen LogP contribution in [0.1, 0.15) is 51.4 Å². The standard InChI is InChI=1S/C23H32N4O3/c28-21-13-19-9-10-20(14-21)27(19)23(30)24-16-3-1-11-25(15-16)17-5-7-18(8-6-17)26-12-2-4-22(26)29/h5-8,16,19-21,28H,1-4,9-15H2,(H,24,30)/t16-,19-,20+,21?/m0/s1. The maximum atomic E-state index is 13.0. The maximum Gasteiger partial charge on any atom is 0.318 e. The highest BCUT2D eigenvalue weighted by molar-refractivity contribution is 5.95. The quantitative estimate of drug-likeness (QED) is 0.800. The van der Waals surface area contributed by atoms with Crippen LogP contribution in [0.2, 0.25) is 0 Å². The van der Waals surface area contributed by atoms with Crippen LogP contribution < -0.4 is 15.1 Å². The van der Waals surface area contributed by atoms with Crippen LogP contribution in [0.15, 0.2) is 24.3 Å². The number of piperidine rings is 2. The summed E-state index contributed by atoms with van der Waals surface area (Å²) in [5.74, 6) is 0.211. The van der Waals surface area contributed by atoms with Gasteiger partial charge in [0.25, 0.3) is 0 Å². The van der Waals surface area contributed by atoms with Gasteiger partial charge >= 0.3 is 6.03 Å². The van der Waals surface area contributed by atoms with Crippen molar-refractivity contribution in [2.75, 3.05) is 29.4 Å². The van der Waals surface area contributed by atoms with Crippen molar-refractivity contribution in [3.8, 4) is 0 Å². The Bertz CT molecular complexity index is 784. The molecule has 4 aliphatic heterocycles. The highest BCUT2D eigenvalue weighted by Gasteiger charge is 2.43. The van der Waals surface area contributed by atoms with Crippen LogP contribution in [0.5, 0.6) is 0 Å².